The topological polar surface area (TPSA) is 96.3 Å². The van der Waals surface area contributed by atoms with E-state index >= 15 is 0 Å². The molecule has 1 N–H and O–H groups in total. The molecule has 6 nitrogen and oxygen atoms in total. The highest BCUT2D eigenvalue weighted by Crippen LogP contribution is 2.38. The van der Waals surface area contributed by atoms with Crippen LogP contribution in [0.5, 0.6) is 0 Å². The molecule has 3 atom stereocenters. The fraction of sp³-hybridized carbons (Fsp3) is 0.467. The molecule has 0 aromatic heterocycles. The van der Waals surface area contributed by atoms with Gasteiger partial charge in [0.15, 0.2) is 9.84 Å². The third-order valence-electron chi connectivity index (χ3n) is 4.08. The molecule has 0 heterocycles. The Hall–Kier alpha value is -1.33. The third-order valence-corrected chi connectivity index (χ3v) is 6.97. The maximum absolute atomic E-state index is 12.8. The summed E-state index contributed by atoms with van der Waals surface area (Å²) < 4.78 is 31.0. The van der Waals surface area contributed by atoms with E-state index in [2.05, 4.69) is 5.32 Å². The van der Waals surface area contributed by atoms with Crippen molar-refractivity contribution in [3.05, 3.63) is 28.2 Å². The summed E-state index contributed by atoms with van der Waals surface area (Å²) in [5.41, 5.74) is 0. The van der Waals surface area contributed by atoms with Crippen LogP contribution in [0.1, 0.15) is 12.8 Å². The van der Waals surface area contributed by atoms with Crippen molar-refractivity contribution >= 4 is 38.9 Å². The summed E-state index contributed by atoms with van der Waals surface area (Å²) in [6.45, 7) is -0.133. The van der Waals surface area contributed by atoms with Gasteiger partial charge in [0.05, 0.1) is 33.3 Å². The summed E-state index contributed by atoms with van der Waals surface area (Å²) in [4.78, 5) is 12.1. The van der Waals surface area contributed by atoms with Crippen molar-refractivity contribution in [2.75, 3.05) is 13.7 Å². The summed E-state index contributed by atoms with van der Waals surface area (Å²) >= 11 is 11.8. The van der Waals surface area contributed by atoms with Gasteiger partial charge in [0, 0.05) is 12.1 Å². The molecule has 1 aromatic carbocycles. The van der Waals surface area contributed by atoms with Gasteiger partial charge in [-0.05, 0) is 31.0 Å². The minimum Gasteiger partial charge on any atom is -0.381 e. The van der Waals surface area contributed by atoms with Crippen LogP contribution < -0.4 is 5.32 Å². The lowest BCUT2D eigenvalue weighted by Gasteiger charge is -2.16. The zero-order valence-electron chi connectivity index (χ0n) is 12.8. The van der Waals surface area contributed by atoms with Gasteiger partial charge in [0.1, 0.15) is 6.54 Å². The molecule has 0 spiro atoms. The van der Waals surface area contributed by atoms with Crippen LogP contribution in [0.15, 0.2) is 23.1 Å². The Morgan fingerprint density at radius 2 is 2.12 bits per heavy atom. The number of amides is 1. The molecule has 1 unspecified atom stereocenters. The smallest absolute Gasteiger partial charge is 0.226 e. The maximum Gasteiger partial charge on any atom is 0.226 e. The number of rotatable bonds is 5. The zero-order valence-corrected chi connectivity index (χ0v) is 15.2. The van der Waals surface area contributed by atoms with Gasteiger partial charge in [-0.1, -0.05) is 23.2 Å². The molecule has 2 rings (SSSR count). The first-order valence-electron chi connectivity index (χ1n) is 7.17. The molecular weight excluding hydrogens is 375 g/mol. The maximum atomic E-state index is 12.8. The number of nitrogens with one attached hydrogen (secondary N) is 1. The normalized spacial score (nSPS) is 23.7. The highest BCUT2D eigenvalue weighted by molar-refractivity contribution is 7.92. The molecule has 1 amide bonds. The molecule has 9 heteroatoms. The monoisotopic (exact) mass is 390 g/mol. The second-order valence-corrected chi connectivity index (χ2v) is 8.51. The van der Waals surface area contributed by atoms with Crippen LogP contribution in [0.25, 0.3) is 0 Å². The summed E-state index contributed by atoms with van der Waals surface area (Å²) in [7, 11) is -2.30. The molecular formula is C15H16Cl2N2O4S. The van der Waals surface area contributed by atoms with Crippen molar-refractivity contribution in [2.24, 2.45) is 5.92 Å². The predicted octanol–water partition coefficient (Wildman–Crippen LogP) is 2.20. The average molecular weight is 391 g/mol. The van der Waals surface area contributed by atoms with Crippen molar-refractivity contribution < 1.29 is 17.9 Å². The van der Waals surface area contributed by atoms with Gasteiger partial charge >= 0.3 is 0 Å². The fourth-order valence-electron chi connectivity index (χ4n) is 2.89. The van der Waals surface area contributed by atoms with Crippen LogP contribution in [-0.4, -0.2) is 39.3 Å². The second-order valence-electron chi connectivity index (χ2n) is 5.47. The van der Waals surface area contributed by atoms with E-state index in [0.717, 1.165) is 0 Å². The molecule has 0 bridgehead atoms. The molecule has 130 valence electrons. The molecule has 1 fully saturated rings. The first-order chi connectivity index (χ1) is 11.3. The zero-order chi connectivity index (χ0) is 17.9. The van der Waals surface area contributed by atoms with E-state index in [1.807, 2.05) is 6.07 Å². The summed E-state index contributed by atoms with van der Waals surface area (Å²) in [5, 5.41) is 10.6. The lowest BCUT2D eigenvalue weighted by Crippen LogP contribution is -2.35. The van der Waals surface area contributed by atoms with Crippen LogP contribution in [0.2, 0.25) is 10.0 Å². The van der Waals surface area contributed by atoms with E-state index in [0.29, 0.717) is 5.02 Å². The number of carbonyl (C=O) groups excluding carboxylic acids is 1. The average Bonchev–Trinajstić information content (AvgIpc) is 2.97. The number of hydrogen-bond donors (Lipinski definition) is 1. The third kappa shape index (κ3) is 3.83. The Morgan fingerprint density at radius 3 is 2.71 bits per heavy atom. The summed E-state index contributed by atoms with van der Waals surface area (Å²) in [6, 6.07) is 6.01. The van der Waals surface area contributed by atoms with Gasteiger partial charge < -0.3 is 10.1 Å². The largest absolute Gasteiger partial charge is 0.381 e. The van der Waals surface area contributed by atoms with E-state index in [1.165, 1.54) is 25.3 Å². The molecule has 24 heavy (non-hydrogen) atoms. The van der Waals surface area contributed by atoms with Crippen LogP contribution in [0.4, 0.5) is 0 Å². The lowest BCUT2D eigenvalue weighted by molar-refractivity contribution is -0.128. The minimum atomic E-state index is -3.73. The number of ether oxygens (including phenoxy) is 1. The predicted molar refractivity (Wildman–Crippen MR) is 89.6 cm³/mol. The minimum absolute atomic E-state index is 0.00787. The highest BCUT2D eigenvalue weighted by Gasteiger charge is 2.45. The van der Waals surface area contributed by atoms with E-state index < -0.39 is 27.1 Å². The van der Waals surface area contributed by atoms with Crippen molar-refractivity contribution in [2.45, 2.75) is 29.1 Å². The number of nitriles is 1. The second kappa shape index (κ2) is 7.70. The summed E-state index contributed by atoms with van der Waals surface area (Å²) in [6.07, 6.45) is -0.242. The Kier molecular flexibility index (Phi) is 6.10. The molecule has 1 aliphatic rings. The van der Waals surface area contributed by atoms with E-state index in [9.17, 15) is 13.2 Å². The van der Waals surface area contributed by atoms with Gasteiger partial charge in [0.25, 0.3) is 0 Å². The lowest BCUT2D eigenvalue weighted by atomic mass is 10.1. The Morgan fingerprint density at radius 1 is 1.42 bits per heavy atom. The van der Waals surface area contributed by atoms with Crippen LogP contribution >= 0.6 is 23.2 Å². The molecule has 0 aliphatic heterocycles. The Bertz CT molecular complexity index is 776. The van der Waals surface area contributed by atoms with Crippen LogP contribution in [0, 0.1) is 17.2 Å². The quantitative estimate of drug-likeness (QED) is 0.777. The Labute approximate surface area is 150 Å². The number of halogens is 2. The molecule has 0 radical (unpaired) electrons. The van der Waals surface area contributed by atoms with Gasteiger partial charge in [0.2, 0.25) is 5.91 Å². The molecule has 1 aliphatic carbocycles. The van der Waals surface area contributed by atoms with Gasteiger partial charge in [-0.3, -0.25) is 4.79 Å². The number of nitrogens with zero attached hydrogens (tertiary/aromatic N) is 1. The van der Waals surface area contributed by atoms with E-state index in [1.54, 1.807) is 0 Å². The highest BCUT2D eigenvalue weighted by atomic mass is 35.5. The standard InChI is InChI=1S/C15H16Cl2N2O4S/c1-23-13-8-10(7-11(13)15(20)19-5-4-18)24(21,22)14-3-2-9(16)6-12(14)17/h2-3,6,10-11,13H,5,7-8H2,1H3,(H,19,20)/t10?,11-,13-/m0/s1. The molecule has 0 saturated heterocycles. The number of carbonyl (C=O) groups is 1. The fourth-order valence-corrected chi connectivity index (χ4v) is 5.47. The van der Waals surface area contributed by atoms with E-state index in [-0.39, 0.29) is 35.2 Å². The van der Waals surface area contributed by atoms with Crippen molar-refractivity contribution in [1.29, 1.82) is 5.26 Å². The van der Waals surface area contributed by atoms with Crippen LogP contribution in [-0.2, 0) is 19.4 Å². The van der Waals surface area contributed by atoms with E-state index in [4.69, 9.17) is 33.2 Å². The number of methoxy groups -OCH3 is 1. The first kappa shape index (κ1) is 19.0. The summed E-state index contributed by atoms with van der Waals surface area (Å²) in [5.74, 6) is -1.02. The van der Waals surface area contributed by atoms with Crippen molar-refractivity contribution in [3.63, 3.8) is 0 Å². The number of sulfone groups is 1. The van der Waals surface area contributed by atoms with Crippen LogP contribution in [0.3, 0.4) is 0 Å². The number of benzene rings is 1. The first-order valence-corrected chi connectivity index (χ1v) is 9.48. The SMILES string of the molecule is CO[C@H]1CC(S(=O)(=O)c2ccc(Cl)cc2Cl)C[C@@H]1C(=O)NCC#N. The van der Waals surface area contributed by atoms with Crippen molar-refractivity contribution in [3.8, 4) is 6.07 Å². The van der Waals surface area contributed by atoms with Gasteiger partial charge in [-0.15, -0.1) is 0 Å². The molecule has 1 saturated carbocycles. The van der Waals surface area contributed by atoms with Gasteiger partial charge in [-0.25, -0.2) is 8.42 Å². The van der Waals surface area contributed by atoms with Gasteiger partial charge in [-0.2, -0.15) is 5.26 Å². The molecule has 1 aromatic rings. The number of hydrogen-bond acceptors (Lipinski definition) is 5. The van der Waals surface area contributed by atoms with Crippen molar-refractivity contribution in [1.82, 2.24) is 5.32 Å². The Balaban J connectivity index is 2.26.